The molecule has 41 heavy (non-hydrogen) atoms. The van der Waals surface area contributed by atoms with Crippen LogP contribution in [0, 0.1) is 0 Å². The summed E-state index contributed by atoms with van der Waals surface area (Å²) in [6.07, 6.45) is 5.27. The summed E-state index contributed by atoms with van der Waals surface area (Å²) in [5.41, 5.74) is 3.54. The van der Waals surface area contributed by atoms with Crippen LogP contribution in [-0.4, -0.2) is 45.4 Å². The molecule has 2 aromatic carbocycles. The summed E-state index contributed by atoms with van der Waals surface area (Å²) >= 11 is 0. The SMILES string of the molecule is O=C(NC(Cc1ccccc1)CC(O)C(Cc1ccccc1)NC(=O)OCc1ccncc1)OCc1ccncc1. The molecule has 9 nitrogen and oxygen atoms in total. The quantitative estimate of drug-likeness (QED) is 0.221. The van der Waals surface area contributed by atoms with Crippen molar-refractivity contribution >= 4 is 12.2 Å². The molecule has 4 rings (SSSR count). The van der Waals surface area contributed by atoms with E-state index in [9.17, 15) is 14.7 Å². The normalized spacial score (nSPS) is 12.9. The van der Waals surface area contributed by atoms with Crippen LogP contribution in [0.2, 0.25) is 0 Å². The van der Waals surface area contributed by atoms with Crippen LogP contribution in [-0.2, 0) is 35.5 Å². The van der Waals surface area contributed by atoms with Crippen molar-refractivity contribution in [2.24, 2.45) is 0 Å². The zero-order valence-electron chi connectivity index (χ0n) is 22.6. The highest BCUT2D eigenvalue weighted by Crippen LogP contribution is 2.15. The molecule has 0 saturated heterocycles. The van der Waals surface area contributed by atoms with Crippen molar-refractivity contribution in [3.05, 3.63) is 132 Å². The number of pyridine rings is 2. The van der Waals surface area contributed by atoms with Gasteiger partial charge in [0, 0.05) is 30.8 Å². The lowest BCUT2D eigenvalue weighted by atomic mass is 9.94. The lowest BCUT2D eigenvalue weighted by molar-refractivity contribution is 0.0861. The van der Waals surface area contributed by atoms with Crippen molar-refractivity contribution < 1.29 is 24.2 Å². The Bertz CT molecular complexity index is 1330. The van der Waals surface area contributed by atoms with Crippen LogP contribution in [0.15, 0.2) is 110 Å². The fourth-order valence-corrected chi connectivity index (χ4v) is 4.36. The number of ether oxygens (including phenoxy) is 2. The Labute approximate surface area is 239 Å². The molecule has 0 spiro atoms. The molecule has 2 heterocycles. The average molecular weight is 555 g/mol. The zero-order valence-corrected chi connectivity index (χ0v) is 22.6. The van der Waals surface area contributed by atoms with E-state index in [2.05, 4.69) is 20.6 Å². The van der Waals surface area contributed by atoms with Crippen LogP contribution in [0.5, 0.6) is 0 Å². The predicted octanol–water partition coefficient (Wildman–Crippen LogP) is 4.60. The van der Waals surface area contributed by atoms with Gasteiger partial charge in [0.05, 0.1) is 12.1 Å². The summed E-state index contributed by atoms with van der Waals surface area (Å²) in [4.78, 5) is 33.4. The first-order valence-corrected chi connectivity index (χ1v) is 13.5. The Morgan fingerprint density at radius 2 is 1.10 bits per heavy atom. The molecule has 0 saturated carbocycles. The highest BCUT2D eigenvalue weighted by Gasteiger charge is 2.27. The standard InChI is InChI=1S/C32H34N4O5/c37-30(29(20-25-9-5-2-6-10-25)36-32(39)41-23-27-13-17-34-18-14-27)21-28(19-24-7-3-1-4-8-24)35-31(38)40-22-26-11-15-33-16-12-26/h1-18,28-30,37H,19-23H2,(H,35,38)(H,36,39). The highest BCUT2D eigenvalue weighted by molar-refractivity contribution is 5.68. The summed E-state index contributed by atoms with van der Waals surface area (Å²) in [5.74, 6) is 0. The predicted molar refractivity (Wildman–Crippen MR) is 154 cm³/mol. The van der Waals surface area contributed by atoms with Gasteiger partial charge in [-0.1, -0.05) is 60.7 Å². The van der Waals surface area contributed by atoms with E-state index in [0.29, 0.717) is 12.8 Å². The molecule has 0 aliphatic heterocycles. The average Bonchev–Trinajstić information content (AvgIpc) is 3.01. The Balaban J connectivity index is 1.43. The van der Waals surface area contributed by atoms with Gasteiger partial charge in [0.2, 0.25) is 0 Å². The molecule has 0 aliphatic carbocycles. The zero-order chi connectivity index (χ0) is 28.7. The Hall–Kier alpha value is -4.76. The number of amides is 2. The molecule has 3 unspecified atom stereocenters. The number of carbonyl (C=O) groups excluding carboxylic acids is 2. The van der Waals surface area contributed by atoms with Crippen LogP contribution in [0.25, 0.3) is 0 Å². The van der Waals surface area contributed by atoms with E-state index in [1.54, 1.807) is 49.1 Å². The third-order valence-electron chi connectivity index (χ3n) is 6.48. The number of aliphatic hydroxyl groups is 1. The van der Waals surface area contributed by atoms with Gasteiger partial charge in [-0.05, 0) is 65.8 Å². The van der Waals surface area contributed by atoms with Crippen molar-refractivity contribution in [3.8, 4) is 0 Å². The van der Waals surface area contributed by atoms with E-state index in [-0.39, 0.29) is 19.6 Å². The number of carbonyl (C=O) groups is 2. The van der Waals surface area contributed by atoms with Gasteiger partial charge in [0.25, 0.3) is 0 Å². The van der Waals surface area contributed by atoms with Gasteiger partial charge in [-0.3, -0.25) is 9.97 Å². The monoisotopic (exact) mass is 554 g/mol. The number of alkyl carbamates (subject to hydrolysis) is 2. The minimum absolute atomic E-state index is 0.0734. The van der Waals surface area contributed by atoms with Gasteiger partial charge < -0.3 is 25.2 Å². The van der Waals surface area contributed by atoms with Crippen LogP contribution in [0.4, 0.5) is 9.59 Å². The van der Waals surface area contributed by atoms with E-state index < -0.39 is 30.4 Å². The van der Waals surface area contributed by atoms with Crippen LogP contribution in [0.1, 0.15) is 28.7 Å². The molecule has 3 N–H and O–H groups in total. The summed E-state index contributed by atoms with van der Waals surface area (Å²) in [5, 5.41) is 17.1. The van der Waals surface area contributed by atoms with Crippen molar-refractivity contribution in [2.75, 3.05) is 0 Å². The number of nitrogens with zero attached hydrogens (tertiary/aromatic N) is 2. The molecule has 2 aromatic heterocycles. The molecule has 0 bridgehead atoms. The van der Waals surface area contributed by atoms with E-state index in [1.807, 2.05) is 60.7 Å². The fourth-order valence-electron chi connectivity index (χ4n) is 4.36. The largest absolute Gasteiger partial charge is 0.445 e. The summed E-state index contributed by atoms with van der Waals surface area (Å²) in [6.45, 7) is 0.167. The van der Waals surface area contributed by atoms with Gasteiger partial charge in [-0.2, -0.15) is 0 Å². The number of aromatic nitrogens is 2. The highest BCUT2D eigenvalue weighted by atomic mass is 16.6. The van der Waals surface area contributed by atoms with Crippen molar-refractivity contribution in [3.63, 3.8) is 0 Å². The molecule has 0 radical (unpaired) electrons. The third kappa shape index (κ3) is 10.4. The maximum Gasteiger partial charge on any atom is 0.407 e. The number of rotatable bonds is 13. The van der Waals surface area contributed by atoms with Gasteiger partial charge in [0.15, 0.2) is 0 Å². The van der Waals surface area contributed by atoms with Crippen molar-refractivity contribution in [1.82, 2.24) is 20.6 Å². The summed E-state index contributed by atoms with van der Waals surface area (Å²) < 4.78 is 10.8. The van der Waals surface area contributed by atoms with Crippen LogP contribution >= 0.6 is 0 Å². The molecule has 0 aliphatic rings. The summed E-state index contributed by atoms with van der Waals surface area (Å²) in [7, 11) is 0. The molecule has 9 heteroatoms. The van der Waals surface area contributed by atoms with Gasteiger partial charge in [-0.25, -0.2) is 9.59 Å². The molecule has 2 amide bonds. The van der Waals surface area contributed by atoms with Gasteiger partial charge in [0.1, 0.15) is 13.2 Å². The fraction of sp³-hybridized carbons (Fsp3) is 0.250. The first-order valence-electron chi connectivity index (χ1n) is 13.5. The van der Waals surface area contributed by atoms with Crippen molar-refractivity contribution in [2.45, 2.75) is 50.7 Å². The maximum atomic E-state index is 12.7. The Morgan fingerprint density at radius 3 is 1.61 bits per heavy atom. The second-order valence-corrected chi connectivity index (χ2v) is 9.64. The lowest BCUT2D eigenvalue weighted by Gasteiger charge is -2.28. The molecular formula is C32H34N4O5. The van der Waals surface area contributed by atoms with E-state index >= 15 is 0 Å². The van der Waals surface area contributed by atoms with Crippen molar-refractivity contribution in [1.29, 1.82) is 0 Å². The second kappa shape index (κ2) is 15.7. The van der Waals surface area contributed by atoms with Crippen LogP contribution < -0.4 is 10.6 Å². The van der Waals surface area contributed by atoms with E-state index in [4.69, 9.17) is 9.47 Å². The Kier molecular flexibility index (Phi) is 11.2. The molecule has 4 aromatic rings. The number of hydrogen-bond donors (Lipinski definition) is 3. The van der Waals surface area contributed by atoms with Gasteiger partial charge in [-0.15, -0.1) is 0 Å². The molecule has 3 atom stereocenters. The van der Waals surface area contributed by atoms with E-state index in [1.165, 1.54) is 0 Å². The number of nitrogens with one attached hydrogen (secondary N) is 2. The minimum Gasteiger partial charge on any atom is -0.445 e. The maximum absolute atomic E-state index is 12.7. The van der Waals surface area contributed by atoms with Gasteiger partial charge >= 0.3 is 12.2 Å². The second-order valence-electron chi connectivity index (χ2n) is 9.64. The Morgan fingerprint density at radius 1 is 0.634 bits per heavy atom. The molecule has 0 fully saturated rings. The third-order valence-corrected chi connectivity index (χ3v) is 6.48. The lowest BCUT2D eigenvalue weighted by Crippen LogP contribution is -2.48. The number of aliphatic hydroxyl groups excluding tert-OH is 1. The minimum atomic E-state index is -1.00. The first-order chi connectivity index (χ1) is 20.0. The number of benzene rings is 2. The number of hydrogen-bond acceptors (Lipinski definition) is 7. The van der Waals surface area contributed by atoms with E-state index in [0.717, 1.165) is 22.3 Å². The smallest absolute Gasteiger partial charge is 0.407 e. The molecule has 212 valence electrons. The topological polar surface area (TPSA) is 123 Å². The van der Waals surface area contributed by atoms with Crippen LogP contribution in [0.3, 0.4) is 0 Å². The first kappa shape index (κ1) is 29.2. The summed E-state index contributed by atoms with van der Waals surface area (Å²) in [6, 6.07) is 25.2. The molecular weight excluding hydrogens is 520 g/mol.